The second kappa shape index (κ2) is 6.60. The number of rotatable bonds is 5. The van der Waals surface area contributed by atoms with Gasteiger partial charge in [-0.3, -0.25) is 0 Å². The van der Waals surface area contributed by atoms with Crippen molar-refractivity contribution in [3.63, 3.8) is 0 Å². The number of para-hydroxylation sites is 1. The third-order valence-electron chi connectivity index (χ3n) is 3.71. The number of nitrogens with two attached hydrogens (primary N) is 1. The minimum absolute atomic E-state index is 0.126. The summed E-state index contributed by atoms with van der Waals surface area (Å²) in [5.41, 5.74) is 8.95. The van der Waals surface area contributed by atoms with E-state index in [0.29, 0.717) is 0 Å². The molecular formula is C16H24N2. The highest BCUT2D eigenvalue weighted by Gasteiger charge is 2.17. The average molecular weight is 244 g/mol. The second-order valence-electron chi connectivity index (χ2n) is 5.08. The van der Waals surface area contributed by atoms with Gasteiger partial charge in [0.05, 0.1) is 0 Å². The standard InChI is InChI=1S/C16H24N2/c1-2-3-10-15(17)14-9-5-6-11-16(14)18-12-7-4-8-13-18/h2,5-6,9,11,15H,1,3-4,7-8,10,12-13,17H2/t15-/m0/s1. The fourth-order valence-electron chi connectivity index (χ4n) is 2.68. The zero-order chi connectivity index (χ0) is 12.8. The lowest BCUT2D eigenvalue weighted by Gasteiger charge is -2.31. The Morgan fingerprint density at radius 3 is 2.67 bits per heavy atom. The summed E-state index contributed by atoms with van der Waals surface area (Å²) >= 11 is 0. The van der Waals surface area contributed by atoms with E-state index in [4.69, 9.17) is 5.73 Å². The zero-order valence-corrected chi connectivity index (χ0v) is 11.1. The molecule has 0 radical (unpaired) electrons. The van der Waals surface area contributed by atoms with Crippen molar-refractivity contribution in [2.75, 3.05) is 18.0 Å². The molecule has 2 N–H and O–H groups in total. The number of nitrogens with zero attached hydrogens (tertiary/aromatic N) is 1. The highest BCUT2D eigenvalue weighted by molar-refractivity contribution is 5.55. The Morgan fingerprint density at radius 1 is 1.22 bits per heavy atom. The van der Waals surface area contributed by atoms with Crippen LogP contribution in [0.1, 0.15) is 43.7 Å². The van der Waals surface area contributed by atoms with Crippen molar-refractivity contribution in [1.82, 2.24) is 0 Å². The lowest BCUT2D eigenvalue weighted by atomic mass is 9.99. The van der Waals surface area contributed by atoms with Crippen LogP contribution in [0.5, 0.6) is 0 Å². The van der Waals surface area contributed by atoms with E-state index in [9.17, 15) is 0 Å². The molecule has 0 bridgehead atoms. The van der Waals surface area contributed by atoms with Gasteiger partial charge in [0.2, 0.25) is 0 Å². The number of piperidine rings is 1. The third-order valence-corrected chi connectivity index (χ3v) is 3.71. The van der Waals surface area contributed by atoms with Crippen LogP contribution in [0.4, 0.5) is 5.69 Å². The van der Waals surface area contributed by atoms with Gasteiger partial charge in [-0.25, -0.2) is 0 Å². The van der Waals surface area contributed by atoms with Crippen molar-refractivity contribution in [1.29, 1.82) is 0 Å². The Labute approximate surface area is 110 Å². The van der Waals surface area contributed by atoms with Gasteiger partial charge in [0.1, 0.15) is 0 Å². The van der Waals surface area contributed by atoms with E-state index in [1.165, 1.54) is 43.6 Å². The van der Waals surface area contributed by atoms with Gasteiger partial charge in [-0.15, -0.1) is 6.58 Å². The molecule has 98 valence electrons. The maximum atomic E-state index is 6.31. The molecule has 2 nitrogen and oxygen atoms in total. The lowest BCUT2D eigenvalue weighted by Crippen LogP contribution is -2.31. The molecule has 1 aromatic rings. The Bertz CT molecular complexity index is 380. The molecule has 1 atom stereocenters. The van der Waals surface area contributed by atoms with Crippen LogP contribution in [0.2, 0.25) is 0 Å². The molecule has 1 heterocycles. The predicted molar refractivity (Wildman–Crippen MR) is 78.9 cm³/mol. The molecule has 1 aliphatic rings. The minimum Gasteiger partial charge on any atom is -0.371 e. The Balaban J connectivity index is 2.15. The van der Waals surface area contributed by atoms with Gasteiger partial charge in [0.15, 0.2) is 0 Å². The number of anilines is 1. The first kappa shape index (κ1) is 13.2. The lowest BCUT2D eigenvalue weighted by molar-refractivity contribution is 0.571. The van der Waals surface area contributed by atoms with Gasteiger partial charge in [-0.2, -0.15) is 0 Å². The van der Waals surface area contributed by atoms with E-state index in [0.717, 1.165) is 12.8 Å². The van der Waals surface area contributed by atoms with Crippen LogP contribution in [0.15, 0.2) is 36.9 Å². The minimum atomic E-state index is 0.126. The quantitative estimate of drug-likeness (QED) is 0.801. The van der Waals surface area contributed by atoms with Crippen LogP contribution in [-0.2, 0) is 0 Å². The first-order valence-corrected chi connectivity index (χ1v) is 7.03. The predicted octanol–water partition coefficient (Wildman–Crippen LogP) is 3.64. The third kappa shape index (κ3) is 3.14. The van der Waals surface area contributed by atoms with Crippen LogP contribution in [0.3, 0.4) is 0 Å². The molecule has 0 amide bonds. The van der Waals surface area contributed by atoms with E-state index in [1.54, 1.807) is 0 Å². The van der Waals surface area contributed by atoms with Crippen molar-refractivity contribution < 1.29 is 0 Å². The SMILES string of the molecule is C=CCC[C@H](N)c1ccccc1N1CCCCC1. The van der Waals surface area contributed by atoms with Gasteiger partial charge in [-0.05, 0) is 43.7 Å². The zero-order valence-electron chi connectivity index (χ0n) is 11.1. The van der Waals surface area contributed by atoms with E-state index >= 15 is 0 Å². The first-order chi connectivity index (χ1) is 8.83. The fraction of sp³-hybridized carbons (Fsp3) is 0.500. The van der Waals surface area contributed by atoms with Crippen LogP contribution in [0, 0.1) is 0 Å². The summed E-state index contributed by atoms with van der Waals surface area (Å²) in [5, 5.41) is 0. The van der Waals surface area contributed by atoms with Crippen molar-refractivity contribution >= 4 is 5.69 Å². The van der Waals surface area contributed by atoms with Gasteiger partial charge in [-0.1, -0.05) is 24.3 Å². The van der Waals surface area contributed by atoms with Crippen molar-refractivity contribution in [2.45, 2.75) is 38.1 Å². The molecule has 1 aromatic carbocycles. The first-order valence-electron chi connectivity index (χ1n) is 7.03. The molecule has 1 fully saturated rings. The Kier molecular flexibility index (Phi) is 4.82. The summed E-state index contributed by atoms with van der Waals surface area (Å²) in [6.45, 7) is 6.12. The summed E-state index contributed by atoms with van der Waals surface area (Å²) in [4.78, 5) is 2.49. The monoisotopic (exact) mass is 244 g/mol. The normalized spacial score (nSPS) is 17.5. The number of hydrogen-bond donors (Lipinski definition) is 1. The molecule has 0 unspecified atom stereocenters. The molecule has 0 spiro atoms. The van der Waals surface area contributed by atoms with Crippen LogP contribution < -0.4 is 10.6 Å². The molecule has 2 rings (SSSR count). The van der Waals surface area contributed by atoms with Gasteiger partial charge < -0.3 is 10.6 Å². The van der Waals surface area contributed by atoms with Gasteiger partial charge in [0, 0.05) is 24.8 Å². The summed E-state index contributed by atoms with van der Waals surface area (Å²) in [7, 11) is 0. The van der Waals surface area contributed by atoms with Crippen LogP contribution >= 0.6 is 0 Å². The molecule has 0 aliphatic carbocycles. The average Bonchev–Trinajstić information content (AvgIpc) is 2.45. The molecular weight excluding hydrogens is 220 g/mol. The maximum absolute atomic E-state index is 6.31. The van der Waals surface area contributed by atoms with E-state index < -0.39 is 0 Å². The number of hydrogen-bond acceptors (Lipinski definition) is 2. The molecule has 2 heteroatoms. The molecule has 0 saturated carbocycles. The summed E-state index contributed by atoms with van der Waals surface area (Å²) in [6, 6.07) is 8.73. The van der Waals surface area contributed by atoms with Crippen LogP contribution in [0.25, 0.3) is 0 Å². The molecule has 0 aromatic heterocycles. The van der Waals surface area contributed by atoms with Crippen molar-refractivity contribution in [3.8, 4) is 0 Å². The van der Waals surface area contributed by atoms with Crippen molar-refractivity contribution in [3.05, 3.63) is 42.5 Å². The smallest absolute Gasteiger partial charge is 0.0414 e. The van der Waals surface area contributed by atoms with Gasteiger partial charge in [0.25, 0.3) is 0 Å². The van der Waals surface area contributed by atoms with Gasteiger partial charge >= 0.3 is 0 Å². The highest BCUT2D eigenvalue weighted by Crippen LogP contribution is 2.29. The molecule has 1 aliphatic heterocycles. The van der Waals surface area contributed by atoms with Crippen LogP contribution in [-0.4, -0.2) is 13.1 Å². The Hall–Kier alpha value is -1.28. The second-order valence-corrected chi connectivity index (χ2v) is 5.08. The summed E-state index contributed by atoms with van der Waals surface area (Å²) in [6.07, 6.45) is 7.88. The largest absolute Gasteiger partial charge is 0.371 e. The fourth-order valence-corrected chi connectivity index (χ4v) is 2.68. The van der Waals surface area contributed by atoms with E-state index in [2.05, 4.69) is 35.7 Å². The summed E-state index contributed by atoms with van der Waals surface area (Å²) in [5.74, 6) is 0. The maximum Gasteiger partial charge on any atom is 0.0414 e. The topological polar surface area (TPSA) is 29.3 Å². The number of allylic oxidation sites excluding steroid dienone is 1. The van der Waals surface area contributed by atoms with E-state index in [1.807, 2.05) is 6.08 Å². The highest BCUT2D eigenvalue weighted by atomic mass is 15.1. The van der Waals surface area contributed by atoms with Crippen molar-refractivity contribution in [2.24, 2.45) is 5.73 Å². The molecule has 18 heavy (non-hydrogen) atoms. The van der Waals surface area contributed by atoms with E-state index in [-0.39, 0.29) is 6.04 Å². The summed E-state index contributed by atoms with van der Waals surface area (Å²) < 4.78 is 0. The Morgan fingerprint density at radius 2 is 1.94 bits per heavy atom. The number of benzene rings is 1. The molecule has 1 saturated heterocycles.